The summed E-state index contributed by atoms with van der Waals surface area (Å²) in [6, 6.07) is 5.94. The van der Waals surface area contributed by atoms with Gasteiger partial charge in [-0.1, -0.05) is 0 Å². The fraction of sp³-hybridized carbons (Fsp3) is 0.462. The van der Waals surface area contributed by atoms with Crippen molar-refractivity contribution < 1.29 is 9.53 Å². The molecule has 2 aliphatic rings. The highest BCUT2D eigenvalue weighted by molar-refractivity contribution is 5.99. The number of rotatable bonds is 1. The van der Waals surface area contributed by atoms with Gasteiger partial charge in [0.2, 0.25) is 0 Å². The Balaban J connectivity index is 2.04. The number of carbonyl (C=O) groups is 1. The maximum Gasteiger partial charge on any atom is 0.254 e. The summed E-state index contributed by atoms with van der Waals surface area (Å²) in [4.78, 5) is 16.4. The summed E-state index contributed by atoms with van der Waals surface area (Å²) in [5, 5.41) is 0. The van der Waals surface area contributed by atoms with E-state index in [9.17, 15) is 4.79 Å². The number of hydrogen-bond acceptors (Lipinski definition) is 3. The first kappa shape index (κ1) is 10.6. The second-order valence-electron chi connectivity index (χ2n) is 4.73. The molecule has 2 aliphatic heterocycles. The summed E-state index contributed by atoms with van der Waals surface area (Å²) in [5.74, 6) is 0.993. The Morgan fingerprint density at radius 3 is 2.94 bits per heavy atom. The highest BCUT2D eigenvalue weighted by Crippen LogP contribution is 2.37. The van der Waals surface area contributed by atoms with Crippen LogP contribution in [-0.2, 0) is 0 Å². The van der Waals surface area contributed by atoms with Crippen molar-refractivity contribution in [3.05, 3.63) is 29.3 Å². The van der Waals surface area contributed by atoms with Crippen molar-refractivity contribution in [3.8, 4) is 5.75 Å². The zero-order valence-electron chi connectivity index (χ0n) is 10.1. The van der Waals surface area contributed by atoms with Gasteiger partial charge in [-0.3, -0.25) is 4.79 Å². The monoisotopic (exact) mass is 232 g/mol. The van der Waals surface area contributed by atoms with Crippen LogP contribution >= 0.6 is 0 Å². The molecule has 1 fully saturated rings. The van der Waals surface area contributed by atoms with Crippen LogP contribution in [0.5, 0.6) is 5.75 Å². The molecule has 1 aromatic carbocycles. The van der Waals surface area contributed by atoms with E-state index < -0.39 is 0 Å². The van der Waals surface area contributed by atoms with Crippen molar-refractivity contribution in [3.63, 3.8) is 0 Å². The van der Waals surface area contributed by atoms with Crippen molar-refractivity contribution in [2.45, 2.75) is 6.04 Å². The predicted octanol–water partition coefficient (Wildman–Crippen LogP) is 1.14. The number of nitrogens with zero attached hydrogens (tertiary/aromatic N) is 2. The maximum atomic E-state index is 12.2. The molecule has 90 valence electrons. The van der Waals surface area contributed by atoms with Gasteiger partial charge in [-0.15, -0.1) is 0 Å². The molecule has 17 heavy (non-hydrogen) atoms. The van der Waals surface area contributed by atoms with Gasteiger partial charge in [0, 0.05) is 25.2 Å². The van der Waals surface area contributed by atoms with Gasteiger partial charge in [-0.05, 0) is 30.8 Å². The average Bonchev–Trinajstić information content (AvgIpc) is 2.62. The minimum atomic E-state index is 0.167. The quantitative estimate of drug-likeness (QED) is 0.728. The lowest BCUT2D eigenvalue weighted by Gasteiger charge is -2.35. The maximum absolute atomic E-state index is 12.2. The number of hydrogen-bond donors (Lipinski definition) is 0. The van der Waals surface area contributed by atoms with Crippen molar-refractivity contribution in [2.75, 3.05) is 33.8 Å². The normalized spacial score (nSPS) is 23.5. The molecule has 1 aromatic rings. The van der Waals surface area contributed by atoms with Crippen molar-refractivity contribution >= 4 is 5.91 Å². The Morgan fingerprint density at radius 1 is 1.35 bits per heavy atom. The molecule has 1 amide bonds. The van der Waals surface area contributed by atoms with Gasteiger partial charge in [0.05, 0.1) is 13.2 Å². The minimum Gasteiger partial charge on any atom is -0.497 e. The number of fused-ring (bicyclic) bond motifs is 3. The highest BCUT2D eigenvalue weighted by atomic mass is 16.5. The van der Waals surface area contributed by atoms with Crippen LogP contribution in [-0.4, -0.2) is 49.5 Å². The Labute approximate surface area is 101 Å². The topological polar surface area (TPSA) is 32.8 Å². The molecular weight excluding hydrogens is 216 g/mol. The molecule has 0 radical (unpaired) electrons. The third kappa shape index (κ3) is 1.52. The molecule has 1 saturated heterocycles. The van der Waals surface area contributed by atoms with E-state index in [2.05, 4.69) is 11.9 Å². The van der Waals surface area contributed by atoms with E-state index in [4.69, 9.17) is 4.74 Å². The Hall–Kier alpha value is -1.55. The first-order valence-electron chi connectivity index (χ1n) is 5.88. The van der Waals surface area contributed by atoms with E-state index in [1.807, 2.05) is 23.1 Å². The lowest BCUT2D eigenvalue weighted by atomic mass is 10.0. The fourth-order valence-electron chi connectivity index (χ4n) is 2.72. The average molecular weight is 232 g/mol. The van der Waals surface area contributed by atoms with E-state index in [0.29, 0.717) is 0 Å². The van der Waals surface area contributed by atoms with Gasteiger partial charge in [-0.25, -0.2) is 0 Å². The largest absolute Gasteiger partial charge is 0.497 e. The van der Waals surface area contributed by atoms with Crippen molar-refractivity contribution in [1.29, 1.82) is 0 Å². The zero-order chi connectivity index (χ0) is 12.0. The first-order valence-corrected chi connectivity index (χ1v) is 5.88. The second kappa shape index (κ2) is 3.74. The molecule has 0 N–H and O–H groups in total. The molecule has 1 unspecified atom stereocenters. The summed E-state index contributed by atoms with van der Waals surface area (Å²) < 4.78 is 5.24. The molecule has 4 nitrogen and oxygen atoms in total. The van der Waals surface area contributed by atoms with Crippen LogP contribution in [0, 0.1) is 0 Å². The molecular formula is C13H16N2O2. The lowest BCUT2D eigenvalue weighted by Crippen LogP contribution is -2.45. The second-order valence-corrected chi connectivity index (χ2v) is 4.73. The van der Waals surface area contributed by atoms with Crippen LogP contribution in [0.15, 0.2) is 18.2 Å². The standard InChI is InChI=1S/C13H16N2O2/c1-14-5-6-15-12(8-14)11-7-9(17-2)3-4-10(11)13(15)16/h3-4,7,12H,5-6,8H2,1-2H3. The molecule has 1 atom stereocenters. The Morgan fingerprint density at radius 2 is 2.18 bits per heavy atom. The molecule has 3 rings (SSSR count). The van der Waals surface area contributed by atoms with E-state index >= 15 is 0 Å². The van der Waals surface area contributed by atoms with Gasteiger partial charge >= 0.3 is 0 Å². The number of amides is 1. The third-order valence-corrected chi connectivity index (χ3v) is 3.69. The van der Waals surface area contributed by atoms with Gasteiger partial charge in [0.25, 0.3) is 5.91 Å². The van der Waals surface area contributed by atoms with Gasteiger partial charge in [-0.2, -0.15) is 0 Å². The molecule has 0 spiro atoms. The van der Waals surface area contributed by atoms with Crippen LogP contribution in [0.4, 0.5) is 0 Å². The minimum absolute atomic E-state index is 0.167. The smallest absolute Gasteiger partial charge is 0.254 e. The molecule has 4 heteroatoms. The zero-order valence-corrected chi connectivity index (χ0v) is 10.1. The fourth-order valence-corrected chi connectivity index (χ4v) is 2.72. The van der Waals surface area contributed by atoms with Crippen LogP contribution in [0.25, 0.3) is 0 Å². The first-order chi connectivity index (χ1) is 8.20. The van der Waals surface area contributed by atoms with E-state index in [1.54, 1.807) is 7.11 Å². The number of carbonyl (C=O) groups excluding carboxylic acids is 1. The van der Waals surface area contributed by atoms with Crippen LogP contribution in [0.2, 0.25) is 0 Å². The van der Waals surface area contributed by atoms with Crippen LogP contribution in [0.3, 0.4) is 0 Å². The number of likely N-dealkylation sites (N-methyl/N-ethyl adjacent to an activating group) is 1. The van der Waals surface area contributed by atoms with Crippen molar-refractivity contribution in [1.82, 2.24) is 9.80 Å². The number of methoxy groups -OCH3 is 1. The molecule has 0 bridgehead atoms. The Bertz CT molecular complexity index is 472. The number of piperazine rings is 1. The molecule has 2 heterocycles. The summed E-state index contributed by atoms with van der Waals surface area (Å²) in [6.07, 6.45) is 0. The lowest BCUT2D eigenvalue weighted by molar-refractivity contribution is 0.0570. The van der Waals surface area contributed by atoms with Crippen LogP contribution < -0.4 is 4.74 Å². The van der Waals surface area contributed by atoms with Gasteiger partial charge < -0.3 is 14.5 Å². The number of ether oxygens (including phenoxy) is 1. The third-order valence-electron chi connectivity index (χ3n) is 3.69. The van der Waals surface area contributed by atoms with Crippen LogP contribution in [0.1, 0.15) is 22.0 Å². The molecule has 0 saturated carbocycles. The number of benzene rings is 1. The SMILES string of the molecule is COc1ccc2c(c1)C1CN(C)CCN1C2=O. The summed E-state index contributed by atoms with van der Waals surface area (Å²) in [7, 11) is 3.75. The Kier molecular flexibility index (Phi) is 2.33. The molecule has 0 aliphatic carbocycles. The summed E-state index contributed by atoms with van der Waals surface area (Å²) in [6.45, 7) is 2.68. The highest BCUT2D eigenvalue weighted by Gasteiger charge is 2.39. The summed E-state index contributed by atoms with van der Waals surface area (Å²) >= 11 is 0. The van der Waals surface area contributed by atoms with E-state index in [1.165, 1.54) is 0 Å². The van der Waals surface area contributed by atoms with Gasteiger partial charge in [0.1, 0.15) is 5.75 Å². The van der Waals surface area contributed by atoms with E-state index in [-0.39, 0.29) is 11.9 Å². The predicted molar refractivity (Wildman–Crippen MR) is 64.3 cm³/mol. The van der Waals surface area contributed by atoms with E-state index in [0.717, 1.165) is 36.5 Å². The summed E-state index contributed by atoms with van der Waals surface area (Å²) in [5.41, 5.74) is 1.95. The van der Waals surface area contributed by atoms with Crippen molar-refractivity contribution in [2.24, 2.45) is 0 Å². The van der Waals surface area contributed by atoms with Gasteiger partial charge in [0.15, 0.2) is 0 Å². The molecule has 0 aromatic heterocycles.